The summed E-state index contributed by atoms with van der Waals surface area (Å²) in [5, 5.41) is 12.3. The molecule has 1 saturated carbocycles. The van der Waals surface area contributed by atoms with Crippen LogP contribution in [0.15, 0.2) is 16.8 Å². The topological polar surface area (TPSA) is 77.1 Å². The molecule has 2 fully saturated rings. The molecule has 4 rings (SSSR count). The molecule has 0 radical (unpaired) electrons. The summed E-state index contributed by atoms with van der Waals surface area (Å²) in [6.07, 6.45) is 6.47. The van der Waals surface area contributed by atoms with Crippen molar-refractivity contribution in [3.8, 4) is 0 Å². The van der Waals surface area contributed by atoms with E-state index in [1.165, 1.54) is 12.8 Å². The molecule has 0 aromatic carbocycles. The van der Waals surface area contributed by atoms with Gasteiger partial charge in [-0.1, -0.05) is 10.4 Å². The van der Waals surface area contributed by atoms with E-state index in [4.69, 9.17) is 4.52 Å². The maximum absolute atomic E-state index is 12.5. The molecule has 2 aromatic rings. The Hall–Kier alpha value is -2.18. The minimum Gasteiger partial charge on any atom is -0.361 e. The van der Waals surface area contributed by atoms with Crippen molar-refractivity contribution in [2.24, 2.45) is 0 Å². The molecule has 7 heteroatoms. The van der Waals surface area contributed by atoms with Gasteiger partial charge in [-0.15, -0.1) is 5.10 Å². The normalized spacial score (nSPS) is 21.5. The van der Waals surface area contributed by atoms with Crippen LogP contribution < -0.4 is 0 Å². The van der Waals surface area contributed by atoms with Gasteiger partial charge in [-0.2, -0.15) is 0 Å². The third-order valence-corrected chi connectivity index (χ3v) is 4.43. The summed E-state index contributed by atoms with van der Waals surface area (Å²) < 4.78 is 6.88. The predicted molar refractivity (Wildman–Crippen MR) is 77.3 cm³/mol. The summed E-state index contributed by atoms with van der Waals surface area (Å²) in [4.78, 5) is 14.4. The van der Waals surface area contributed by atoms with E-state index in [-0.39, 0.29) is 11.9 Å². The minimum absolute atomic E-state index is 0.0538. The summed E-state index contributed by atoms with van der Waals surface area (Å²) in [6, 6.07) is 1.84. The van der Waals surface area contributed by atoms with Crippen LogP contribution in [0.1, 0.15) is 53.5 Å². The van der Waals surface area contributed by atoms with Crippen molar-refractivity contribution in [1.29, 1.82) is 0 Å². The third kappa shape index (κ3) is 2.51. The Balaban J connectivity index is 1.46. The molecular formula is C15H19N5O2. The summed E-state index contributed by atoms with van der Waals surface area (Å²) >= 11 is 0. The summed E-state index contributed by atoms with van der Waals surface area (Å²) in [5.74, 6) is 1.21. The van der Waals surface area contributed by atoms with Gasteiger partial charge in [0.2, 0.25) is 0 Å². The highest BCUT2D eigenvalue weighted by Crippen LogP contribution is 2.38. The van der Waals surface area contributed by atoms with Crippen molar-refractivity contribution >= 4 is 5.91 Å². The van der Waals surface area contributed by atoms with Gasteiger partial charge in [0.05, 0.1) is 18.3 Å². The Morgan fingerprint density at radius 1 is 1.41 bits per heavy atom. The Morgan fingerprint density at radius 3 is 3.00 bits per heavy atom. The van der Waals surface area contributed by atoms with Crippen LogP contribution in [0.4, 0.5) is 0 Å². The largest absolute Gasteiger partial charge is 0.361 e. The lowest BCUT2D eigenvalue weighted by molar-refractivity contribution is 0.0710. The van der Waals surface area contributed by atoms with E-state index >= 15 is 0 Å². The lowest BCUT2D eigenvalue weighted by Gasteiger charge is -2.23. The lowest BCUT2D eigenvalue weighted by atomic mass is 10.2. The highest BCUT2D eigenvalue weighted by Gasteiger charge is 2.32. The number of hydrogen-bond acceptors (Lipinski definition) is 5. The zero-order valence-electron chi connectivity index (χ0n) is 12.6. The van der Waals surface area contributed by atoms with Gasteiger partial charge in [0.1, 0.15) is 5.76 Å². The molecule has 116 valence electrons. The van der Waals surface area contributed by atoms with Crippen LogP contribution in [-0.4, -0.2) is 43.5 Å². The first-order valence-electron chi connectivity index (χ1n) is 7.85. The number of aromatic nitrogens is 4. The van der Waals surface area contributed by atoms with Gasteiger partial charge in [-0.3, -0.25) is 9.48 Å². The molecular weight excluding hydrogens is 282 g/mol. The van der Waals surface area contributed by atoms with Crippen LogP contribution in [0, 0.1) is 6.92 Å². The smallest absolute Gasteiger partial charge is 0.276 e. The van der Waals surface area contributed by atoms with E-state index < -0.39 is 0 Å². The third-order valence-electron chi connectivity index (χ3n) is 4.43. The van der Waals surface area contributed by atoms with Crippen LogP contribution in [0.2, 0.25) is 0 Å². The van der Waals surface area contributed by atoms with Crippen molar-refractivity contribution < 1.29 is 9.32 Å². The molecule has 2 aromatic heterocycles. The highest BCUT2D eigenvalue weighted by molar-refractivity contribution is 5.92. The first kappa shape index (κ1) is 13.5. The minimum atomic E-state index is -0.0538. The van der Waals surface area contributed by atoms with Crippen LogP contribution in [0.3, 0.4) is 0 Å². The van der Waals surface area contributed by atoms with E-state index in [0.717, 1.165) is 25.1 Å². The molecule has 0 bridgehead atoms. The quantitative estimate of drug-likeness (QED) is 0.860. The van der Waals surface area contributed by atoms with Gasteiger partial charge in [-0.25, -0.2) is 0 Å². The van der Waals surface area contributed by atoms with Gasteiger partial charge in [0.25, 0.3) is 5.91 Å². The van der Waals surface area contributed by atoms with Crippen molar-refractivity contribution in [2.45, 2.75) is 51.1 Å². The zero-order valence-corrected chi connectivity index (χ0v) is 12.6. The van der Waals surface area contributed by atoms with Crippen molar-refractivity contribution in [2.75, 3.05) is 6.54 Å². The number of carbonyl (C=O) groups excluding carboxylic acids is 1. The molecule has 1 saturated heterocycles. The molecule has 0 N–H and O–H groups in total. The maximum Gasteiger partial charge on any atom is 0.276 e. The monoisotopic (exact) mass is 301 g/mol. The van der Waals surface area contributed by atoms with E-state index in [9.17, 15) is 4.79 Å². The number of amides is 1. The lowest BCUT2D eigenvalue weighted by Crippen LogP contribution is -2.38. The first-order valence-corrected chi connectivity index (χ1v) is 7.85. The Bertz CT molecular complexity index is 688. The van der Waals surface area contributed by atoms with E-state index in [1.807, 2.05) is 15.8 Å². The van der Waals surface area contributed by atoms with Gasteiger partial charge < -0.3 is 9.42 Å². The molecule has 1 atom stereocenters. The maximum atomic E-state index is 12.5. The number of hydrogen-bond donors (Lipinski definition) is 0. The van der Waals surface area contributed by atoms with Gasteiger partial charge >= 0.3 is 0 Å². The fraction of sp³-hybridized carbons (Fsp3) is 0.600. The Morgan fingerprint density at radius 2 is 2.27 bits per heavy atom. The van der Waals surface area contributed by atoms with E-state index in [2.05, 4.69) is 15.5 Å². The molecule has 1 aliphatic carbocycles. The predicted octanol–water partition coefficient (Wildman–Crippen LogP) is 1.76. The second kappa shape index (κ2) is 5.23. The SMILES string of the molecule is Cc1cc(C(=O)N2CCC[C@H]2Cn2cc(C3CC3)nn2)no1. The molecule has 1 amide bonds. The van der Waals surface area contributed by atoms with Crippen molar-refractivity contribution in [3.63, 3.8) is 0 Å². The summed E-state index contributed by atoms with van der Waals surface area (Å²) in [6.45, 7) is 3.25. The second-order valence-electron chi connectivity index (χ2n) is 6.26. The average molecular weight is 301 g/mol. The number of likely N-dealkylation sites (tertiary alicyclic amines) is 1. The Kier molecular flexibility index (Phi) is 3.20. The average Bonchev–Trinajstić information content (AvgIpc) is 2.90. The number of nitrogens with zero attached hydrogens (tertiary/aromatic N) is 5. The fourth-order valence-electron chi connectivity index (χ4n) is 3.09. The molecule has 0 unspecified atom stereocenters. The van der Waals surface area contributed by atoms with Crippen molar-refractivity contribution in [3.05, 3.63) is 29.4 Å². The van der Waals surface area contributed by atoms with Crippen molar-refractivity contribution in [1.82, 2.24) is 25.1 Å². The second-order valence-corrected chi connectivity index (χ2v) is 6.26. The number of aryl methyl sites for hydroxylation is 1. The van der Waals surface area contributed by atoms with Crippen LogP contribution in [0.25, 0.3) is 0 Å². The molecule has 7 nitrogen and oxygen atoms in total. The summed E-state index contributed by atoms with van der Waals surface area (Å²) in [7, 11) is 0. The van der Waals surface area contributed by atoms with Gasteiger partial charge in [0, 0.05) is 24.7 Å². The standard InChI is InChI=1S/C15H19N5O2/c1-10-7-13(17-22-10)15(21)20-6-2-3-12(20)8-19-9-14(16-18-19)11-4-5-11/h7,9,11-12H,2-6,8H2,1H3/t12-/m0/s1. The molecule has 0 spiro atoms. The van der Waals surface area contributed by atoms with E-state index in [0.29, 0.717) is 23.9 Å². The molecule has 1 aliphatic heterocycles. The number of carbonyl (C=O) groups is 1. The molecule has 22 heavy (non-hydrogen) atoms. The van der Waals surface area contributed by atoms with Crippen LogP contribution in [0.5, 0.6) is 0 Å². The van der Waals surface area contributed by atoms with Gasteiger partial charge in [0.15, 0.2) is 5.69 Å². The molecule has 2 aliphatic rings. The number of rotatable bonds is 4. The van der Waals surface area contributed by atoms with Gasteiger partial charge in [-0.05, 0) is 32.6 Å². The van der Waals surface area contributed by atoms with Crippen LogP contribution >= 0.6 is 0 Å². The Labute approximate surface area is 128 Å². The fourth-order valence-corrected chi connectivity index (χ4v) is 3.09. The van der Waals surface area contributed by atoms with Crippen LogP contribution in [-0.2, 0) is 6.54 Å². The summed E-state index contributed by atoms with van der Waals surface area (Å²) in [5.41, 5.74) is 1.48. The first-order chi connectivity index (χ1) is 10.7. The highest BCUT2D eigenvalue weighted by atomic mass is 16.5. The zero-order chi connectivity index (χ0) is 15.1. The van der Waals surface area contributed by atoms with E-state index in [1.54, 1.807) is 13.0 Å². The molecule has 3 heterocycles.